The average molecular weight is 291 g/mol. The minimum absolute atomic E-state index is 0.136. The van der Waals surface area contributed by atoms with Crippen molar-refractivity contribution in [2.45, 2.75) is 51.5 Å². The molecule has 0 saturated heterocycles. The molecular formula is C18H29NO2. The van der Waals surface area contributed by atoms with Crippen molar-refractivity contribution in [3.8, 4) is 5.75 Å². The largest absolute Gasteiger partial charge is 0.491 e. The van der Waals surface area contributed by atoms with Gasteiger partial charge in [-0.05, 0) is 49.3 Å². The van der Waals surface area contributed by atoms with E-state index >= 15 is 0 Å². The molecule has 21 heavy (non-hydrogen) atoms. The first-order valence-corrected chi connectivity index (χ1v) is 8.24. The van der Waals surface area contributed by atoms with Gasteiger partial charge in [0.25, 0.3) is 0 Å². The van der Waals surface area contributed by atoms with E-state index in [0.29, 0.717) is 18.4 Å². The smallest absolute Gasteiger partial charge is 0.122 e. The van der Waals surface area contributed by atoms with Crippen molar-refractivity contribution >= 4 is 0 Å². The van der Waals surface area contributed by atoms with E-state index in [9.17, 15) is 5.11 Å². The van der Waals surface area contributed by atoms with Gasteiger partial charge in [-0.25, -0.2) is 0 Å². The maximum absolute atomic E-state index is 9.88. The zero-order valence-electron chi connectivity index (χ0n) is 13.6. The van der Waals surface area contributed by atoms with Gasteiger partial charge in [0.15, 0.2) is 0 Å². The molecule has 1 saturated carbocycles. The molecule has 0 heterocycles. The first-order chi connectivity index (χ1) is 10.2. The summed E-state index contributed by atoms with van der Waals surface area (Å²) in [4.78, 5) is 0. The molecule has 2 rings (SSSR count). The number of aliphatic hydroxyl groups is 1. The van der Waals surface area contributed by atoms with Crippen LogP contribution >= 0.6 is 0 Å². The van der Waals surface area contributed by atoms with Crippen LogP contribution in [0.15, 0.2) is 24.3 Å². The molecule has 1 aromatic carbocycles. The Morgan fingerprint density at radius 2 is 2.05 bits per heavy atom. The van der Waals surface area contributed by atoms with Crippen LogP contribution in [-0.2, 0) is 0 Å². The lowest BCUT2D eigenvalue weighted by Crippen LogP contribution is -2.55. The third kappa shape index (κ3) is 3.78. The molecule has 1 aromatic rings. The van der Waals surface area contributed by atoms with E-state index in [-0.39, 0.29) is 12.1 Å². The second-order valence-electron chi connectivity index (χ2n) is 6.25. The summed E-state index contributed by atoms with van der Waals surface area (Å²) in [6.45, 7) is 8.04. The Kier molecular flexibility index (Phi) is 5.65. The number of aliphatic hydroxyl groups excluding tert-OH is 1. The molecule has 3 heteroatoms. The predicted octanol–water partition coefficient (Wildman–Crippen LogP) is 3.33. The standard InChI is InChI=1S/C18H29NO2/c1-4-14(3)16-8-6-7-9-17(16)21-13-18(12-20,19-5-2)15-10-11-15/h6-9,14-15,19-20H,4-5,10-13H2,1-3H3. The van der Waals surface area contributed by atoms with E-state index in [1.165, 1.54) is 18.4 Å². The van der Waals surface area contributed by atoms with Gasteiger partial charge in [-0.2, -0.15) is 0 Å². The molecule has 0 aliphatic heterocycles. The Hall–Kier alpha value is -1.06. The summed E-state index contributed by atoms with van der Waals surface area (Å²) in [5.74, 6) is 1.99. The van der Waals surface area contributed by atoms with Gasteiger partial charge >= 0.3 is 0 Å². The van der Waals surface area contributed by atoms with Gasteiger partial charge < -0.3 is 15.2 Å². The Bertz CT molecular complexity index is 445. The minimum atomic E-state index is -0.280. The van der Waals surface area contributed by atoms with Crippen LogP contribution in [0.2, 0.25) is 0 Å². The molecular weight excluding hydrogens is 262 g/mol. The molecule has 1 fully saturated rings. The Morgan fingerprint density at radius 1 is 1.33 bits per heavy atom. The highest BCUT2D eigenvalue weighted by Crippen LogP contribution is 2.40. The molecule has 2 N–H and O–H groups in total. The Balaban J connectivity index is 2.10. The van der Waals surface area contributed by atoms with E-state index in [2.05, 4.69) is 38.2 Å². The monoisotopic (exact) mass is 291 g/mol. The number of hydrogen-bond donors (Lipinski definition) is 2. The van der Waals surface area contributed by atoms with Crippen LogP contribution < -0.4 is 10.1 Å². The van der Waals surface area contributed by atoms with Crippen molar-refractivity contribution in [3.05, 3.63) is 29.8 Å². The average Bonchev–Trinajstić information content (AvgIpc) is 3.36. The Labute approximate surface area is 128 Å². The summed E-state index contributed by atoms with van der Waals surface area (Å²) >= 11 is 0. The molecule has 1 aliphatic rings. The fourth-order valence-electron chi connectivity index (χ4n) is 2.98. The third-order valence-electron chi connectivity index (χ3n) is 4.72. The maximum Gasteiger partial charge on any atom is 0.122 e. The van der Waals surface area contributed by atoms with Crippen LogP contribution in [0.3, 0.4) is 0 Å². The molecule has 0 spiro atoms. The van der Waals surface area contributed by atoms with Gasteiger partial charge in [-0.1, -0.05) is 39.0 Å². The van der Waals surface area contributed by atoms with Gasteiger partial charge in [0.05, 0.1) is 12.1 Å². The lowest BCUT2D eigenvalue weighted by Gasteiger charge is -2.33. The molecule has 2 unspecified atom stereocenters. The maximum atomic E-state index is 9.88. The molecule has 0 bridgehead atoms. The fourth-order valence-corrected chi connectivity index (χ4v) is 2.98. The summed E-state index contributed by atoms with van der Waals surface area (Å²) in [5.41, 5.74) is 0.983. The first kappa shape index (κ1) is 16.3. The quantitative estimate of drug-likeness (QED) is 0.733. The summed E-state index contributed by atoms with van der Waals surface area (Å²) < 4.78 is 6.15. The highest BCUT2D eigenvalue weighted by molar-refractivity contribution is 5.36. The predicted molar refractivity (Wildman–Crippen MR) is 86.9 cm³/mol. The van der Waals surface area contributed by atoms with Crippen LogP contribution in [0.1, 0.15) is 51.5 Å². The normalized spacial score (nSPS) is 19.0. The van der Waals surface area contributed by atoms with Crippen molar-refractivity contribution in [3.63, 3.8) is 0 Å². The number of ether oxygens (including phenoxy) is 1. The van der Waals surface area contributed by atoms with Crippen molar-refractivity contribution in [1.82, 2.24) is 5.32 Å². The van der Waals surface area contributed by atoms with Crippen LogP contribution in [0, 0.1) is 5.92 Å². The summed E-state index contributed by atoms with van der Waals surface area (Å²) in [5, 5.41) is 13.3. The van der Waals surface area contributed by atoms with Gasteiger partial charge in [-0.3, -0.25) is 0 Å². The van der Waals surface area contributed by atoms with Crippen LogP contribution in [0.25, 0.3) is 0 Å². The van der Waals surface area contributed by atoms with Gasteiger partial charge in [0.2, 0.25) is 0 Å². The topological polar surface area (TPSA) is 41.5 Å². The number of benzene rings is 1. The van der Waals surface area contributed by atoms with Gasteiger partial charge in [0, 0.05) is 0 Å². The summed E-state index contributed by atoms with van der Waals surface area (Å²) in [6.07, 6.45) is 3.47. The number of likely N-dealkylation sites (N-methyl/N-ethyl adjacent to an activating group) is 1. The lowest BCUT2D eigenvalue weighted by molar-refractivity contribution is 0.0858. The molecule has 0 radical (unpaired) electrons. The van der Waals surface area contributed by atoms with E-state index in [1.807, 2.05) is 12.1 Å². The minimum Gasteiger partial charge on any atom is -0.491 e. The summed E-state index contributed by atoms with van der Waals surface area (Å²) in [7, 11) is 0. The Morgan fingerprint density at radius 3 is 2.62 bits per heavy atom. The molecule has 118 valence electrons. The zero-order chi connectivity index (χ0) is 15.3. The molecule has 2 atom stereocenters. The number of rotatable bonds is 9. The zero-order valence-corrected chi connectivity index (χ0v) is 13.6. The third-order valence-corrected chi connectivity index (χ3v) is 4.72. The molecule has 1 aliphatic carbocycles. The SMILES string of the molecule is CCNC(CO)(COc1ccccc1C(C)CC)C1CC1. The molecule has 0 amide bonds. The van der Waals surface area contributed by atoms with E-state index in [0.717, 1.165) is 18.7 Å². The second kappa shape index (κ2) is 7.28. The second-order valence-corrected chi connectivity index (χ2v) is 6.25. The van der Waals surface area contributed by atoms with Crippen LogP contribution in [-0.4, -0.2) is 30.4 Å². The fraction of sp³-hybridized carbons (Fsp3) is 0.667. The van der Waals surface area contributed by atoms with Crippen molar-refractivity contribution in [1.29, 1.82) is 0 Å². The van der Waals surface area contributed by atoms with Crippen LogP contribution in [0.4, 0.5) is 0 Å². The number of para-hydroxylation sites is 1. The highest BCUT2D eigenvalue weighted by atomic mass is 16.5. The van der Waals surface area contributed by atoms with Crippen molar-refractivity contribution < 1.29 is 9.84 Å². The number of nitrogens with one attached hydrogen (secondary N) is 1. The van der Waals surface area contributed by atoms with Gasteiger partial charge in [0.1, 0.15) is 12.4 Å². The summed E-state index contributed by atoms with van der Waals surface area (Å²) in [6, 6.07) is 8.28. The van der Waals surface area contributed by atoms with Gasteiger partial charge in [-0.15, -0.1) is 0 Å². The lowest BCUT2D eigenvalue weighted by atomic mass is 9.94. The number of hydrogen-bond acceptors (Lipinski definition) is 3. The van der Waals surface area contributed by atoms with Crippen molar-refractivity contribution in [2.75, 3.05) is 19.8 Å². The van der Waals surface area contributed by atoms with E-state index < -0.39 is 0 Å². The van der Waals surface area contributed by atoms with Crippen LogP contribution in [0.5, 0.6) is 5.75 Å². The van der Waals surface area contributed by atoms with Crippen molar-refractivity contribution in [2.24, 2.45) is 5.92 Å². The van der Waals surface area contributed by atoms with E-state index in [1.54, 1.807) is 0 Å². The highest BCUT2D eigenvalue weighted by Gasteiger charge is 2.45. The van der Waals surface area contributed by atoms with E-state index in [4.69, 9.17) is 4.74 Å². The molecule has 3 nitrogen and oxygen atoms in total. The molecule has 0 aromatic heterocycles. The first-order valence-electron chi connectivity index (χ1n) is 8.24.